The highest BCUT2D eigenvalue weighted by atomic mass is 79.9. The van der Waals surface area contributed by atoms with Crippen LogP contribution in [-0.4, -0.2) is 26.2 Å². The van der Waals surface area contributed by atoms with Crippen molar-refractivity contribution in [3.63, 3.8) is 0 Å². The average molecular weight is 474 g/mol. The van der Waals surface area contributed by atoms with Crippen molar-refractivity contribution < 1.29 is 32.3 Å². The molecule has 0 unspecified atom stereocenters. The van der Waals surface area contributed by atoms with E-state index in [2.05, 4.69) is 31.9 Å². The third-order valence-corrected chi connectivity index (χ3v) is 4.14. The zero-order valence-electron chi connectivity index (χ0n) is 12.9. The molecule has 0 aromatic carbocycles. The number of ether oxygens (including phenoxy) is 2. The predicted molar refractivity (Wildman–Crippen MR) is 92.2 cm³/mol. The number of rotatable bonds is 4. The first-order valence-electron chi connectivity index (χ1n) is 6.81. The Bertz CT molecular complexity index is 948. The van der Waals surface area contributed by atoms with E-state index in [4.69, 9.17) is 22.7 Å². The SMILES string of the molecule is COC(=O)c1oc(-c2ccc(Br)o2)c(-c2ccc(Br)o2)c1C(=O)OC. The number of methoxy groups -OCH3 is 2. The van der Waals surface area contributed by atoms with E-state index in [-0.39, 0.29) is 34.2 Å². The predicted octanol–water partition coefficient (Wildman–Crippen LogP) is 4.90. The van der Waals surface area contributed by atoms with Gasteiger partial charge in [0, 0.05) is 0 Å². The zero-order valence-corrected chi connectivity index (χ0v) is 16.1. The quantitative estimate of drug-likeness (QED) is 0.497. The highest BCUT2D eigenvalue weighted by molar-refractivity contribution is 9.10. The Morgan fingerprint density at radius 2 is 1.40 bits per heavy atom. The first kappa shape index (κ1) is 17.6. The minimum absolute atomic E-state index is 0.112. The maximum absolute atomic E-state index is 12.3. The van der Waals surface area contributed by atoms with Crippen LogP contribution in [0.4, 0.5) is 0 Å². The molecule has 7 nitrogen and oxygen atoms in total. The number of hydrogen-bond donors (Lipinski definition) is 0. The van der Waals surface area contributed by atoms with Crippen LogP contribution < -0.4 is 0 Å². The molecule has 0 amide bonds. The van der Waals surface area contributed by atoms with Gasteiger partial charge >= 0.3 is 11.9 Å². The number of carbonyl (C=O) groups is 2. The van der Waals surface area contributed by atoms with Gasteiger partial charge in [0.25, 0.3) is 0 Å². The molecule has 0 bridgehead atoms. The summed E-state index contributed by atoms with van der Waals surface area (Å²) in [5.41, 5.74) is 0.110. The van der Waals surface area contributed by atoms with Gasteiger partial charge in [0.1, 0.15) is 11.3 Å². The standard InChI is InChI=1S/C16H10Br2O7/c1-21-15(19)12-11(7-3-5-9(17)23-7)13(8-4-6-10(18)24-8)25-14(12)16(20)22-2/h3-6H,1-2H3. The van der Waals surface area contributed by atoms with E-state index in [9.17, 15) is 9.59 Å². The van der Waals surface area contributed by atoms with Crippen molar-refractivity contribution in [2.24, 2.45) is 0 Å². The Morgan fingerprint density at radius 1 is 0.840 bits per heavy atom. The smallest absolute Gasteiger partial charge is 0.374 e. The first-order chi connectivity index (χ1) is 12.0. The molecule has 3 heterocycles. The van der Waals surface area contributed by atoms with Gasteiger partial charge in [0.2, 0.25) is 5.76 Å². The van der Waals surface area contributed by atoms with Crippen LogP contribution in [0.15, 0.2) is 46.9 Å². The van der Waals surface area contributed by atoms with Crippen molar-refractivity contribution in [2.45, 2.75) is 0 Å². The molecule has 0 atom stereocenters. The first-order valence-corrected chi connectivity index (χ1v) is 8.39. The molecule has 130 valence electrons. The van der Waals surface area contributed by atoms with Gasteiger partial charge < -0.3 is 22.7 Å². The van der Waals surface area contributed by atoms with Crippen molar-refractivity contribution in [2.75, 3.05) is 14.2 Å². The Balaban J connectivity index is 2.35. The topological polar surface area (TPSA) is 92.0 Å². The Labute approximate surface area is 158 Å². The van der Waals surface area contributed by atoms with Crippen LogP contribution in [0.3, 0.4) is 0 Å². The summed E-state index contributed by atoms with van der Waals surface area (Å²) in [4.78, 5) is 24.4. The number of halogens is 2. The van der Waals surface area contributed by atoms with Crippen LogP contribution >= 0.6 is 31.9 Å². The third kappa shape index (κ3) is 3.16. The van der Waals surface area contributed by atoms with Crippen molar-refractivity contribution >= 4 is 43.8 Å². The monoisotopic (exact) mass is 472 g/mol. The van der Waals surface area contributed by atoms with E-state index >= 15 is 0 Å². The number of furan rings is 3. The van der Waals surface area contributed by atoms with Gasteiger partial charge in [-0.2, -0.15) is 0 Å². The third-order valence-electron chi connectivity index (χ3n) is 3.29. The lowest BCUT2D eigenvalue weighted by atomic mass is 10.0. The summed E-state index contributed by atoms with van der Waals surface area (Å²) in [5, 5.41) is 0. The minimum atomic E-state index is -0.829. The maximum atomic E-state index is 12.3. The minimum Gasteiger partial charge on any atom is -0.465 e. The van der Waals surface area contributed by atoms with Gasteiger partial charge in [-0.3, -0.25) is 0 Å². The molecular formula is C16H10Br2O7. The lowest BCUT2D eigenvalue weighted by Crippen LogP contribution is -2.10. The van der Waals surface area contributed by atoms with E-state index in [1.807, 2.05) is 0 Å². The second-order valence-electron chi connectivity index (χ2n) is 4.70. The zero-order chi connectivity index (χ0) is 18.1. The van der Waals surface area contributed by atoms with E-state index < -0.39 is 11.9 Å². The summed E-state index contributed by atoms with van der Waals surface area (Å²) in [7, 11) is 2.37. The molecule has 0 N–H and O–H groups in total. The molecule has 0 aliphatic carbocycles. The largest absolute Gasteiger partial charge is 0.465 e. The van der Waals surface area contributed by atoms with Crippen LogP contribution in [0, 0.1) is 0 Å². The van der Waals surface area contributed by atoms with Crippen LogP contribution in [0.2, 0.25) is 0 Å². The van der Waals surface area contributed by atoms with Crippen molar-refractivity contribution in [1.82, 2.24) is 0 Å². The number of carbonyl (C=O) groups excluding carboxylic acids is 2. The second kappa shape index (κ2) is 6.93. The van der Waals surface area contributed by atoms with Crippen LogP contribution in [0.25, 0.3) is 22.8 Å². The van der Waals surface area contributed by atoms with Crippen molar-refractivity contribution in [1.29, 1.82) is 0 Å². The van der Waals surface area contributed by atoms with Gasteiger partial charge in [-0.15, -0.1) is 0 Å². The van der Waals surface area contributed by atoms with Crippen LogP contribution in [0.5, 0.6) is 0 Å². The summed E-state index contributed by atoms with van der Waals surface area (Å²) < 4.78 is 27.0. The van der Waals surface area contributed by atoms with Crippen LogP contribution in [-0.2, 0) is 9.47 Å². The van der Waals surface area contributed by atoms with Crippen molar-refractivity contribution in [3.8, 4) is 22.8 Å². The van der Waals surface area contributed by atoms with Gasteiger partial charge in [0.15, 0.2) is 20.9 Å². The molecule has 0 radical (unpaired) electrons. The molecule has 0 spiro atoms. The van der Waals surface area contributed by atoms with E-state index in [0.29, 0.717) is 9.34 Å². The normalized spacial score (nSPS) is 10.7. The fourth-order valence-electron chi connectivity index (χ4n) is 2.26. The van der Waals surface area contributed by atoms with Gasteiger partial charge in [-0.25, -0.2) is 9.59 Å². The molecule has 3 aromatic heterocycles. The molecule has 3 aromatic rings. The number of esters is 2. The molecule has 0 saturated heterocycles. The highest BCUT2D eigenvalue weighted by Gasteiger charge is 2.34. The summed E-state index contributed by atoms with van der Waals surface area (Å²) in [6.45, 7) is 0. The summed E-state index contributed by atoms with van der Waals surface area (Å²) in [6.07, 6.45) is 0. The second-order valence-corrected chi connectivity index (χ2v) is 6.26. The molecule has 3 rings (SSSR count). The Morgan fingerprint density at radius 3 is 1.88 bits per heavy atom. The molecule has 0 aliphatic rings. The summed E-state index contributed by atoms with van der Waals surface area (Å²) in [5.74, 6) is -1.20. The lowest BCUT2D eigenvalue weighted by Gasteiger charge is -2.02. The van der Waals surface area contributed by atoms with Gasteiger partial charge in [0.05, 0.1) is 19.8 Å². The molecule has 0 saturated carbocycles. The lowest BCUT2D eigenvalue weighted by molar-refractivity contribution is 0.0529. The van der Waals surface area contributed by atoms with Crippen LogP contribution in [0.1, 0.15) is 20.9 Å². The summed E-state index contributed by atoms with van der Waals surface area (Å²) >= 11 is 6.41. The maximum Gasteiger partial charge on any atom is 0.374 e. The molecule has 0 fully saturated rings. The highest BCUT2D eigenvalue weighted by Crippen LogP contribution is 2.42. The molecule has 25 heavy (non-hydrogen) atoms. The van der Waals surface area contributed by atoms with E-state index in [0.717, 1.165) is 0 Å². The molecular weight excluding hydrogens is 464 g/mol. The Hall–Kier alpha value is -2.26. The average Bonchev–Trinajstić information content (AvgIpc) is 3.30. The Kier molecular flexibility index (Phi) is 4.87. The fourth-order valence-corrected chi connectivity index (χ4v) is 2.87. The van der Waals surface area contributed by atoms with E-state index in [1.54, 1.807) is 24.3 Å². The van der Waals surface area contributed by atoms with E-state index in [1.165, 1.54) is 14.2 Å². The van der Waals surface area contributed by atoms with Gasteiger partial charge in [-0.1, -0.05) is 0 Å². The fraction of sp³-hybridized carbons (Fsp3) is 0.125. The van der Waals surface area contributed by atoms with Gasteiger partial charge in [-0.05, 0) is 56.1 Å². The molecule has 9 heteroatoms. The number of hydrogen-bond acceptors (Lipinski definition) is 7. The van der Waals surface area contributed by atoms with Crippen molar-refractivity contribution in [3.05, 3.63) is 44.9 Å². The summed E-state index contributed by atoms with van der Waals surface area (Å²) in [6, 6.07) is 6.52. The molecule has 0 aliphatic heterocycles.